The zero-order chi connectivity index (χ0) is 21.1. The molecule has 0 saturated carbocycles. The van der Waals surface area contributed by atoms with Crippen LogP contribution in [0.3, 0.4) is 0 Å². The van der Waals surface area contributed by atoms with Crippen molar-refractivity contribution in [1.82, 2.24) is 19.9 Å². The Morgan fingerprint density at radius 2 is 1.63 bits per heavy atom. The molecule has 2 heterocycles. The fourth-order valence-electron chi connectivity index (χ4n) is 2.99. The minimum Gasteiger partial charge on any atom is -0.463 e. The van der Waals surface area contributed by atoms with Gasteiger partial charge in [-0.25, -0.2) is 24.7 Å². The van der Waals surface area contributed by atoms with Gasteiger partial charge in [-0.3, -0.25) is 0 Å². The summed E-state index contributed by atoms with van der Waals surface area (Å²) in [7, 11) is 3.24. The van der Waals surface area contributed by atoms with Gasteiger partial charge in [0, 0.05) is 18.1 Å². The standard InChI is InChI=1S/C22H19N5O3/c1-14-25-19-7-5-4-6-18(19)21(26-14)27(2)15-8-10-16(11-9-15)30-17-12-23-20(24-13-17)22(28)29-3/h4-13H,1-3H3. The zero-order valence-electron chi connectivity index (χ0n) is 16.7. The first-order valence-electron chi connectivity index (χ1n) is 9.20. The van der Waals surface area contributed by atoms with Crippen LogP contribution in [0.4, 0.5) is 11.5 Å². The fourth-order valence-corrected chi connectivity index (χ4v) is 2.99. The van der Waals surface area contributed by atoms with Crippen LogP contribution in [-0.4, -0.2) is 40.1 Å². The average molecular weight is 401 g/mol. The summed E-state index contributed by atoms with van der Waals surface area (Å²) in [5.74, 6) is 1.96. The number of carbonyl (C=O) groups excluding carboxylic acids is 1. The molecule has 0 fully saturated rings. The van der Waals surface area contributed by atoms with Crippen molar-refractivity contribution >= 4 is 28.4 Å². The summed E-state index contributed by atoms with van der Waals surface area (Å²) in [6.45, 7) is 1.88. The molecule has 0 N–H and O–H groups in total. The van der Waals surface area contributed by atoms with Crippen molar-refractivity contribution in [3.63, 3.8) is 0 Å². The third kappa shape index (κ3) is 3.88. The summed E-state index contributed by atoms with van der Waals surface area (Å²) in [6, 6.07) is 15.5. The molecule has 4 rings (SSSR count). The Bertz CT molecular complexity index is 1190. The number of fused-ring (bicyclic) bond motifs is 1. The van der Waals surface area contributed by atoms with E-state index >= 15 is 0 Å². The number of carbonyl (C=O) groups is 1. The number of ether oxygens (including phenoxy) is 2. The Kier molecular flexibility index (Phi) is 5.21. The predicted octanol–water partition coefficient (Wildman–Crippen LogP) is 4.08. The van der Waals surface area contributed by atoms with Crippen LogP contribution in [0.2, 0.25) is 0 Å². The van der Waals surface area contributed by atoms with E-state index in [9.17, 15) is 4.79 Å². The lowest BCUT2D eigenvalue weighted by molar-refractivity contribution is 0.0586. The Morgan fingerprint density at radius 3 is 2.33 bits per heavy atom. The van der Waals surface area contributed by atoms with E-state index in [0.29, 0.717) is 17.3 Å². The maximum Gasteiger partial charge on any atom is 0.376 e. The van der Waals surface area contributed by atoms with Crippen molar-refractivity contribution in [2.75, 3.05) is 19.1 Å². The number of esters is 1. The van der Waals surface area contributed by atoms with Gasteiger partial charge in [0.05, 0.1) is 25.0 Å². The number of benzene rings is 2. The second-order valence-electron chi connectivity index (χ2n) is 6.50. The first-order valence-corrected chi connectivity index (χ1v) is 9.20. The SMILES string of the molecule is COC(=O)c1ncc(Oc2ccc(N(C)c3nc(C)nc4ccccc34)cc2)cn1. The molecule has 0 unspecified atom stereocenters. The van der Waals surface area contributed by atoms with E-state index in [1.165, 1.54) is 19.5 Å². The summed E-state index contributed by atoms with van der Waals surface area (Å²) in [6.07, 6.45) is 2.85. The predicted molar refractivity (Wildman–Crippen MR) is 112 cm³/mol. The van der Waals surface area contributed by atoms with Gasteiger partial charge in [0.1, 0.15) is 17.4 Å². The number of anilines is 2. The molecule has 0 aliphatic rings. The van der Waals surface area contributed by atoms with Gasteiger partial charge in [0.2, 0.25) is 5.82 Å². The number of para-hydroxylation sites is 1. The van der Waals surface area contributed by atoms with Gasteiger partial charge in [-0.1, -0.05) is 12.1 Å². The maximum atomic E-state index is 11.4. The number of aryl methyl sites for hydroxylation is 1. The van der Waals surface area contributed by atoms with Gasteiger partial charge in [0.15, 0.2) is 5.75 Å². The van der Waals surface area contributed by atoms with Gasteiger partial charge in [0.25, 0.3) is 0 Å². The largest absolute Gasteiger partial charge is 0.463 e. The van der Waals surface area contributed by atoms with Crippen LogP contribution in [0.25, 0.3) is 10.9 Å². The van der Waals surface area contributed by atoms with E-state index in [2.05, 4.69) is 24.7 Å². The van der Waals surface area contributed by atoms with E-state index in [1.807, 2.05) is 67.4 Å². The minimum atomic E-state index is -0.596. The van der Waals surface area contributed by atoms with Gasteiger partial charge in [-0.15, -0.1) is 0 Å². The molecule has 0 radical (unpaired) electrons. The summed E-state index contributed by atoms with van der Waals surface area (Å²) in [5.41, 5.74) is 1.85. The number of hydrogen-bond acceptors (Lipinski definition) is 8. The van der Waals surface area contributed by atoms with Crippen LogP contribution in [0, 0.1) is 6.92 Å². The van der Waals surface area contributed by atoms with Crippen molar-refractivity contribution in [1.29, 1.82) is 0 Å². The summed E-state index contributed by atoms with van der Waals surface area (Å²) < 4.78 is 10.3. The van der Waals surface area contributed by atoms with Crippen molar-refractivity contribution in [3.8, 4) is 11.5 Å². The van der Waals surface area contributed by atoms with Crippen LogP contribution in [0.15, 0.2) is 60.9 Å². The molecule has 0 aliphatic carbocycles. The zero-order valence-corrected chi connectivity index (χ0v) is 16.7. The monoisotopic (exact) mass is 401 g/mol. The van der Waals surface area contributed by atoms with Gasteiger partial charge < -0.3 is 14.4 Å². The van der Waals surface area contributed by atoms with E-state index in [4.69, 9.17) is 4.74 Å². The van der Waals surface area contributed by atoms with E-state index in [-0.39, 0.29) is 5.82 Å². The van der Waals surface area contributed by atoms with Crippen LogP contribution >= 0.6 is 0 Å². The molecule has 150 valence electrons. The molecule has 0 saturated heterocycles. The molecule has 2 aromatic heterocycles. The van der Waals surface area contributed by atoms with Gasteiger partial charge in [-0.05, 0) is 43.3 Å². The molecule has 8 heteroatoms. The second kappa shape index (κ2) is 8.12. The second-order valence-corrected chi connectivity index (χ2v) is 6.50. The molecule has 0 bridgehead atoms. The highest BCUT2D eigenvalue weighted by Gasteiger charge is 2.12. The molecule has 0 aliphatic heterocycles. The summed E-state index contributed by atoms with van der Waals surface area (Å²) >= 11 is 0. The molecular weight excluding hydrogens is 382 g/mol. The first-order chi connectivity index (χ1) is 14.5. The van der Waals surface area contributed by atoms with E-state index < -0.39 is 5.97 Å². The summed E-state index contributed by atoms with van der Waals surface area (Å²) in [4.78, 5) is 30.4. The van der Waals surface area contributed by atoms with E-state index in [0.717, 1.165) is 22.4 Å². The highest BCUT2D eigenvalue weighted by Crippen LogP contribution is 2.30. The average Bonchev–Trinajstić information content (AvgIpc) is 2.78. The summed E-state index contributed by atoms with van der Waals surface area (Å²) in [5, 5.41) is 0.980. The molecule has 4 aromatic rings. The molecular formula is C22H19N5O3. The fraction of sp³-hybridized carbons (Fsp3) is 0.136. The van der Waals surface area contributed by atoms with Crippen LogP contribution < -0.4 is 9.64 Å². The lowest BCUT2D eigenvalue weighted by Gasteiger charge is -2.20. The van der Waals surface area contributed by atoms with Gasteiger partial charge in [-0.2, -0.15) is 0 Å². The van der Waals surface area contributed by atoms with Crippen molar-refractivity contribution in [2.24, 2.45) is 0 Å². The van der Waals surface area contributed by atoms with E-state index in [1.54, 1.807) is 0 Å². The van der Waals surface area contributed by atoms with Crippen LogP contribution in [0.5, 0.6) is 11.5 Å². The number of nitrogens with zero attached hydrogens (tertiary/aromatic N) is 5. The molecule has 2 aromatic carbocycles. The van der Waals surface area contributed by atoms with Crippen LogP contribution in [-0.2, 0) is 4.74 Å². The normalized spacial score (nSPS) is 10.6. The third-order valence-electron chi connectivity index (χ3n) is 4.47. The minimum absolute atomic E-state index is 0.0193. The van der Waals surface area contributed by atoms with Gasteiger partial charge >= 0.3 is 5.97 Å². The van der Waals surface area contributed by atoms with Crippen LogP contribution in [0.1, 0.15) is 16.4 Å². The lowest BCUT2D eigenvalue weighted by Crippen LogP contribution is -2.12. The van der Waals surface area contributed by atoms with Crippen molar-refractivity contribution < 1.29 is 14.3 Å². The quantitative estimate of drug-likeness (QED) is 0.462. The molecule has 8 nitrogen and oxygen atoms in total. The number of hydrogen-bond donors (Lipinski definition) is 0. The highest BCUT2D eigenvalue weighted by molar-refractivity contribution is 5.91. The maximum absolute atomic E-state index is 11.4. The Balaban J connectivity index is 1.54. The number of aromatic nitrogens is 4. The highest BCUT2D eigenvalue weighted by atomic mass is 16.5. The molecule has 30 heavy (non-hydrogen) atoms. The Morgan fingerprint density at radius 1 is 0.933 bits per heavy atom. The van der Waals surface area contributed by atoms with Crippen molar-refractivity contribution in [2.45, 2.75) is 6.92 Å². The molecule has 0 spiro atoms. The molecule has 0 amide bonds. The smallest absolute Gasteiger partial charge is 0.376 e. The Labute approximate surface area is 173 Å². The first kappa shape index (κ1) is 19.3. The lowest BCUT2D eigenvalue weighted by atomic mass is 10.2. The Hall–Kier alpha value is -4.07. The number of rotatable bonds is 5. The van der Waals surface area contributed by atoms with Crippen molar-refractivity contribution in [3.05, 3.63) is 72.6 Å². The molecule has 0 atom stereocenters. The number of methoxy groups -OCH3 is 1. The topological polar surface area (TPSA) is 90.3 Å². The third-order valence-corrected chi connectivity index (χ3v) is 4.47.